The number of hydrogen-bond donors (Lipinski definition) is 1. The van der Waals surface area contributed by atoms with Crippen molar-refractivity contribution < 1.29 is 9.32 Å². The number of aryl methyl sites for hydroxylation is 1. The topological polar surface area (TPSA) is 55.1 Å². The van der Waals surface area contributed by atoms with Crippen LogP contribution >= 0.6 is 11.8 Å². The van der Waals surface area contributed by atoms with Gasteiger partial charge in [0.1, 0.15) is 5.76 Å². The molecule has 21 heavy (non-hydrogen) atoms. The van der Waals surface area contributed by atoms with Crippen molar-refractivity contribution in [1.29, 1.82) is 0 Å². The first-order valence-electron chi connectivity index (χ1n) is 8.08. The average Bonchev–Trinajstić information content (AvgIpc) is 2.89. The minimum absolute atomic E-state index is 0.0325. The summed E-state index contributed by atoms with van der Waals surface area (Å²) in [6, 6.07) is 1.76. The van der Waals surface area contributed by atoms with Gasteiger partial charge in [-0.1, -0.05) is 44.2 Å². The Morgan fingerprint density at radius 2 is 2.24 bits per heavy atom. The van der Waals surface area contributed by atoms with E-state index in [1.54, 1.807) is 6.07 Å². The van der Waals surface area contributed by atoms with E-state index in [1.165, 1.54) is 32.1 Å². The molecule has 0 aliphatic heterocycles. The fourth-order valence-corrected chi connectivity index (χ4v) is 4.27. The number of carbonyl (C=O) groups is 1. The van der Waals surface area contributed by atoms with Crippen LogP contribution in [0.15, 0.2) is 10.6 Å². The van der Waals surface area contributed by atoms with Crippen molar-refractivity contribution in [1.82, 2.24) is 5.16 Å². The molecule has 2 rings (SSSR count). The zero-order chi connectivity index (χ0) is 15.1. The summed E-state index contributed by atoms with van der Waals surface area (Å²) in [6.45, 7) is 4.00. The molecule has 1 aromatic heterocycles. The number of anilines is 1. The van der Waals surface area contributed by atoms with Crippen molar-refractivity contribution in [3.8, 4) is 0 Å². The van der Waals surface area contributed by atoms with E-state index in [1.807, 2.05) is 18.7 Å². The predicted octanol–water partition coefficient (Wildman–Crippen LogP) is 4.55. The lowest BCUT2D eigenvalue weighted by Gasteiger charge is -2.25. The summed E-state index contributed by atoms with van der Waals surface area (Å²) in [5.74, 6) is 1.32. The normalized spacial score (nSPS) is 17.6. The third-order valence-corrected chi connectivity index (χ3v) is 5.54. The highest BCUT2D eigenvalue weighted by Crippen LogP contribution is 2.33. The molecule has 4 nitrogen and oxygen atoms in total. The summed E-state index contributed by atoms with van der Waals surface area (Å²) >= 11 is 1.87. The number of nitrogens with one attached hydrogen (secondary N) is 1. The van der Waals surface area contributed by atoms with E-state index in [9.17, 15) is 4.79 Å². The number of carbonyl (C=O) groups excluding carboxylic acids is 1. The first-order valence-corrected chi connectivity index (χ1v) is 9.03. The molecule has 0 spiro atoms. The summed E-state index contributed by atoms with van der Waals surface area (Å²) in [5.41, 5.74) is 0. The Labute approximate surface area is 131 Å². The van der Waals surface area contributed by atoms with Gasteiger partial charge in [-0.2, -0.15) is 0 Å². The molecule has 1 aliphatic carbocycles. The molecule has 1 heterocycles. The van der Waals surface area contributed by atoms with Crippen LogP contribution in [0, 0.1) is 6.92 Å². The molecule has 0 radical (unpaired) electrons. The standard InChI is InChI=1S/C16H26N2O2S/c1-3-4-10-14(21-13-8-6-5-7-9-13)16(19)17-15-11-12(2)20-18-15/h11,13-14H,3-10H2,1-2H3,(H,17,18,19). The maximum Gasteiger partial charge on any atom is 0.238 e. The highest BCUT2D eigenvalue weighted by atomic mass is 32.2. The average molecular weight is 310 g/mol. The van der Waals surface area contributed by atoms with Crippen molar-refractivity contribution in [2.24, 2.45) is 0 Å². The molecule has 1 aliphatic rings. The Balaban J connectivity index is 1.91. The van der Waals surface area contributed by atoms with E-state index in [-0.39, 0.29) is 11.2 Å². The number of unbranched alkanes of at least 4 members (excludes halogenated alkanes) is 1. The maximum absolute atomic E-state index is 12.5. The van der Waals surface area contributed by atoms with Gasteiger partial charge in [0.25, 0.3) is 0 Å². The van der Waals surface area contributed by atoms with E-state index >= 15 is 0 Å². The van der Waals surface area contributed by atoms with Gasteiger partial charge < -0.3 is 9.84 Å². The molecule has 1 aromatic rings. The van der Waals surface area contributed by atoms with E-state index in [0.717, 1.165) is 25.0 Å². The molecule has 1 atom stereocenters. The summed E-state index contributed by atoms with van der Waals surface area (Å²) in [7, 11) is 0. The summed E-state index contributed by atoms with van der Waals surface area (Å²) in [5, 5.41) is 7.42. The summed E-state index contributed by atoms with van der Waals surface area (Å²) in [6.07, 6.45) is 9.63. The summed E-state index contributed by atoms with van der Waals surface area (Å²) in [4.78, 5) is 12.5. The Kier molecular flexibility index (Phi) is 6.61. The molecule has 0 bridgehead atoms. The largest absolute Gasteiger partial charge is 0.360 e. The Morgan fingerprint density at radius 3 is 2.86 bits per heavy atom. The van der Waals surface area contributed by atoms with Gasteiger partial charge in [0, 0.05) is 11.3 Å². The van der Waals surface area contributed by atoms with E-state index in [4.69, 9.17) is 4.52 Å². The van der Waals surface area contributed by atoms with Crippen LogP contribution < -0.4 is 5.32 Å². The minimum atomic E-state index is 0.0325. The van der Waals surface area contributed by atoms with E-state index < -0.39 is 0 Å². The Bertz CT molecular complexity index is 441. The maximum atomic E-state index is 12.5. The van der Waals surface area contributed by atoms with Crippen LogP contribution in [-0.2, 0) is 4.79 Å². The van der Waals surface area contributed by atoms with Crippen LogP contribution in [0.5, 0.6) is 0 Å². The van der Waals surface area contributed by atoms with E-state index in [0.29, 0.717) is 11.1 Å². The van der Waals surface area contributed by atoms with Crippen molar-refractivity contribution in [3.63, 3.8) is 0 Å². The number of rotatable bonds is 7. The third-order valence-electron chi connectivity index (χ3n) is 3.90. The molecule has 1 amide bonds. The van der Waals surface area contributed by atoms with Gasteiger partial charge in [0.05, 0.1) is 5.25 Å². The van der Waals surface area contributed by atoms with Gasteiger partial charge in [-0.3, -0.25) is 4.79 Å². The van der Waals surface area contributed by atoms with Crippen LogP contribution in [0.25, 0.3) is 0 Å². The van der Waals surface area contributed by atoms with Gasteiger partial charge in [-0.05, 0) is 26.2 Å². The highest BCUT2D eigenvalue weighted by molar-refractivity contribution is 8.01. The molecule has 0 aromatic carbocycles. The van der Waals surface area contributed by atoms with Crippen LogP contribution in [0.2, 0.25) is 0 Å². The number of hydrogen-bond acceptors (Lipinski definition) is 4. The zero-order valence-corrected chi connectivity index (χ0v) is 13.9. The lowest BCUT2D eigenvalue weighted by atomic mass is 10.0. The van der Waals surface area contributed by atoms with Crippen molar-refractivity contribution >= 4 is 23.5 Å². The Morgan fingerprint density at radius 1 is 1.48 bits per heavy atom. The first-order chi connectivity index (χ1) is 10.2. The third kappa shape index (κ3) is 5.38. The highest BCUT2D eigenvalue weighted by Gasteiger charge is 2.25. The van der Waals surface area contributed by atoms with Gasteiger partial charge >= 0.3 is 0 Å². The zero-order valence-electron chi connectivity index (χ0n) is 13.1. The number of amides is 1. The second-order valence-electron chi connectivity index (χ2n) is 5.84. The molecule has 1 unspecified atom stereocenters. The van der Waals surface area contributed by atoms with Crippen LogP contribution in [0.1, 0.15) is 64.1 Å². The molecule has 1 N–H and O–H groups in total. The molecular weight excluding hydrogens is 284 g/mol. The molecular formula is C16H26N2O2S. The summed E-state index contributed by atoms with van der Waals surface area (Å²) < 4.78 is 5.00. The number of nitrogens with zero attached hydrogens (tertiary/aromatic N) is 1. The second kappa shape index (κ2) is 8.47. The number of aromatic nitrogens is 1. The lowest BCUT2D eigenvalue weighted by Crippen LogP contribution is -2.28. The SMILES string of the molecule is CCCCC(SC1CCCCC1)C(=O)Nc1cc(C)on1. The van der Waals surface area contributed by atoms with Gasteiger partial charge in [0.15, 0.2) is 5.82 Å². The molecule has 1 fully saturated rings. The Hall–Kier alpha value is -0.970. The fraction of sp³-hybridized carbons (Fsp3) is 0.750. The van der Waals surface area contributed by atoms with Gasteiger partial charge in [-0.15, -0.1) is 11.8 Å². The van der Waals surface area contributed by atoms with Crippen LogP contribution in [-0.4, -0.2) is 21.6 Å². The molecule has 118 valence electrons. The van der Waals surface area contributed by atoms with Gasteiger partial charge in [0.2, 0.25) is 5.91 Å². The predicted molar refractivity (Wildman–Crippen MR) is 87.6 cm³/mol. The van der Waals surface area contributed by atoms with E-state index in [2.05, 4.69) is 17.4 Å². The number of thioether (sulfide) groups is 1. The molecule has 5 heteroatoms. The van der Waals surface area contributed by atoms with Crippen molar-refractivity contribution in [3.05, 3.63) is 11.8 Å². The minimum Gasteiger partial charge on any atom is -0.360 e. The molecule has 1 saturated carbocycles. The lowest BCUT2D eigenvalue weighted by molar-refractivity contribution is -0.115. The second-order valence-corrected chi connectivity index (χ2v) is 7.35. The smallest absolute Gasteiger partial charge is 0.238 e. The quantitative estimate of drug-likeness (QED) is 0.803. The monoisotopic (exact) mass is 310 g/mol. The fourth-order valence-electron chi connectivity index (χ4n) is 2.72. The molecule has 0 saturated heterocycles. The van der Waals surface area contributed by atoms with Gasteiger partial charge in [-0.25, -0.2) is 0 Å². The van der Waals surface area contributed by atoms with Crippen molar-refractivity contribution in [2.75, 3.05) is 5.32 Å². The first kappa shape index (κ1) is 16.4. The van der Waals surface area contributed by atoms with Crippen LogP contribution in [0.3, 0.4) is 0 Å². The van der Waals surface area contributed by atoms with Crippen molar-refractivity contribution in [2.45, 2.75) is 75.7 Å². The van der Waals surface area contributed by atoms with Crippen LogP contribution in [0.4, 0.5) is 5.82 Å².